The Bertz CT molecular complexity index is 583. The number of nitrogens with one attached hydrogen (secondary N) is 2. The number of aromatic nitrogens is 2. The number of anilines is 1. The molecule has 0 aliphatic carbocycles. The van der Waals surface area contributed by atoms with Gasteiger partial charge in [-0.3, -0.25) is 9.89 Å². The maximum absolute atomic E-state index is 11.8. The van der Waals surface area contributed by atoms with E-state index in [1.807, 2.05) is 0 Å². The van der Waals surface area contributed by atoms with Crippen molar-refractivity contribution in [3.63, 3.8) is 0 Å². The molecule has 1 amide bonds. The molecule has 0 saturated heterocycles. The third kappa shape index (κ3) is 3.78. The first-order chi connectivity index (χ1) is 9.15. The van der Waals surface area contributed by atoms with Crippen molar-refractivity contribution < 1.29 is 9.53 Å². The molecule has 7 heteroatoms. The van der Waals surface area contributed by atoms with Crippen LogP contribution in [0.3, 0.4) is 0 Å². The topological polar surface area (TPSA) is 93.0 Å². The second-order valence-corrected chi connectivity index (χ2v) is 4.25. The number of benzene rings is 1. The van der Waals surface area contributed by atoms with Gasteiger partial charge in [0.05, 0.1) is 11.8 Å². The Morgan fingerprint density at radius 3 is 3.05 bits per heavy atom. The van der Waals surface area contributed by atoms with Gasteiger partial charge in [0.15, 0.2) is 0 Å². The number of thiocarbonyl (C=S) groups is 1. The van der Waals surface area contributed by atoms with Crippen molar-refractivity contribution in [1.82, 2.24) is 10.2 Å². The van der Waals surface area contributed by atoms with Crippen LogP contribution in [0.4, 0.5) is 5.69 Å². The first kappa shape index (κ1) is 13.0. The lowest BCUT2D eigenvalue weighted by molar-refractivity contribution is 0.102. The van der Waals surface area contributed by atoms with Crippen LogP contribution >= 0.6 is 12.2 Å². The minimum absolute atomic E-state index is 0.161. The molecule has 4 N–H and O–H groups in total. The number of carbonyl (C=O) groups is 1. The molecule has 1 aromatic heterocycles. The van der Waals surface area contributed by atoms with Crippen LogP contribution in [0.25, 0.3) is 0 Å². The monoisotopic (exact) mass is 276 g/mol. The van der Waals surface area contributed by atoms with E-state index >= 15 is 0 Å². The Balaban J connectivity index is 2.02. The van der Waals surface area contributed by atoms with Gasteiger partial charge in [0.1, 0.15) is 17.3 Å². The summed E-state index contributed by atoms with van der Waals surface area (Å²) in [7, 11) is 0. The molecule has 0 atom stereocenters. The predicted octanol–water partition coefficient (Wildman–Crippen LogP) is 1.33. The molecular weight excluding hydrogens is 264 g/mol. The Kier molecular flexibility index (Phi) is 4.09. The lowest BCUT2D eigenvalue weighted by Gasteiger charge is -2.08. The molecule has 2 aromatic rings. The van der Waals surface area contributed by atoms with Crippen LogP contribution in [-0.4, -0.2) is 27.7 Å². The smallest absolute Gasteiger partial charge is 0.258 e. The van der Waals surface area contributed by atoms with E-state index in [0.717, 1.165) is 0 Å². The summed E-state index contributed by atoms with van der Waals surface area (Å²) in [6.07, 6.45) is 2.96. The summed E-state index contributed by atoms with van der Waals surface area (Å²) in [5.74, 6) is 0.332. The maximum Gasteiger partial charge on any atom is 0.258 e. The van der Waals surface area contributed by atoms with Crippen LogP contribution in [0.15, 0.2) is 36.7 Å². The number of aromatic amines is 1. The summed E-state index contributed by atoms with van der Waals surface area (Å²) in [5, 5.41) is 9.02. The number of nitrogens with zero attached hydrogens (tertiary/aromatic N) is 1. The largest absolute Gasteiger partial charge is 0.486 e. The van der Waals surface area contributed by atoms with Gasteiger partial charge in [-0.15, -0.1) is 0 Å². The zero-order valence-corrected chi connectivity index (χ0v) is 10.7. The van der Waals surface area contributed by atoms with Gasteiger partial charge >= 0.3 is 0 Å². The zero-order valence-electron chi connectivity index (χ0n) is 9.92. The van der Waals surface area contributed by atoms with Gasteiger partial charge in [-0.1, -0.05) is 18.3 Å². The summed E-state index contributed by atoms with van der Waals surface area (Å²) >= 11 is 4.72. The fraction of sp³-hybridized carbons (Fsp3) is 0.0833. The molecule has 0 unspecified atom stereocenters. The standard InChI is InChI=1S/C12H12N4O2S/c13-11(19)7-18-10-3-1-2-9(4-10)16-12(17)8-5-14-15-6-8/h1-6H,7H2,(H2,13,19)(H,14,15)(H,16,17). The normalized spacial score (nSPS) is 9.89. The highest BCUT2D eigenvalue weighted by Gasteiger charge is 2.07. The van der Waals surface area contributed by atoms with Crippen molar-refractivity contribution in [3.05, 3.63) is 42.2 Å². The lowest BCUT2D eigenvalue weighted by Crippen LogP contribution is -2.18. The van der Waals surface area contributed by atoms with Crippen molar-refractivity contribution in [1.29, 1.82) is 0 Å². The molecule has 0 saturated carbocycles. The third-order valence-electron chi connectivity index (χ3n) is 2.23. The minimum Gasteiger partial charge on any atom is -0.486 e. The van der Waals surface area contributed by atoms with E-state index in [1.54, 1.807) is 24.3 Å². The molecule has 0 aliphatic rings. The van der Waals surface area contributed by atoms with Crippen molar-refractivity contribution in [2.75, 3.05) is 11.9 Å². The molecule has 6 nitrogen and oxygen atoms in total. The first-order valence-electron chi connectivity index (χ1n) is 5.46. The Morgan fingerprint density at radius 2 is 2.37 bits per heavy atom. The summed E-state index contributed by atoms with van der Waals surface area (Å²) in [4.78, 5) is 12.1. The fourth-order valence-electron chi connectivity index (χ4n) is 1.40. The van der Waals surface area contributed by atoms with Crippen LogP contribution in [0.2, 0.25) is 0 Å². The van der Waals surface area contributed by atoms with Crippen LogP contribution in [-0.2, 0) is 0 Å². The average Bonchev–Trinajstić information content (AvgIpc) is 2.91. The third-order valence-corrected chi connectivity index (χ3v) is 2.35. The SMILES string of the molecule is NC(=S)COc1cccc(NC(=O)c2cn[nH]c2)c1. The molecule has 0 radical (unpaired) electrons. The molecular formula is C12H12N4O2S. The van der Waals surface area contributed by atoms with E-state index in [0.29, 0.717) is 17.0 Å². The van der Waals surface area contributed by atoms with Crippen molar-refractivity contribution in [3.8, 4) is 5.75 Å². The molecule has 1 aromatic carbocycles. The number of rotatable bonds is 5. The van der Waals surface area contributed by atoms with Gasteiger partial charge in [0, 0.05) is 18.0 Å². The molecule has 0 bridgehead atoms. The van der Waals surface area contributed by atoms with Gasteiger partial charge < -0.3 is 15.8 Å². The fourth-order valence-corrected chi connectivity index (χ4v) is 1.46. The number of nitrogens with two attached hydrogens (primary N) is 1. The molecule has 0 aliphatic heterocycles. The minimum atomic E-state index is -0.250. The number of hydrogen-bond donors (Lipinski definition) is 3. The van der Waals surface area contributed by atoms with E-state index in [-0.39, 0.29) is 17.5 Å². The molecule has 19 heavy (non-hydrogen) atoms. The van der Waals surface area contributed by atoms with Gasteiger partial charge in [-0.05, 0) is 12.1 Å². The highest BCUT2D eigenvalue weighted by Crippen LogP contribution is 2.17. The second kappa shape index (κ2) is 5.96. The van der Waals surface area contributed by atoms with E-state index in [4.69, 9.17) is 22.7 Å². The Hall–Kier alpha value is -2.41. The van der Waals surface area contributed by atoms with Crippen LogP contribution in [0.5, 0.6) is 5.75 Å². The van der Waals surface area contributed by atoms with E-state index in [1.165, 1.54) is 12.4 Å². The van der Waals surface area contributed by atoms with Crippen LogP contribution < -0.4 is 15.8 Å². The number of hydrogen-bond acceptors (Lipinski definition) is 4. The zero-order chi connectivity index (χ0) is 13.7. The molecule has 2 rings (SSSR count). The van der Waals surface area contributed by atoms with E-state index in [2.05, 4.69) is 15.5 Å². The first-order valence-corrected chi connectivity index (χ1v) is 5.87. The van der Waals surface area contributed by atoms with Gasteiger partial charge in [0.2, 0.25) is 0 Å². The maximum atomic E-state index is 11.8. The number of amides is 1. The lowest BCUT2D eigenvalue weighted by atomic mass is 10.2. The van der Waals surface area contributed by atoms with Crippen molar-refractivity contribution >= 4 is 28.8 Å². The molecule has 0 fully saturated rings. The Morgan fingerprint density at radius 1 is 1.53 bits per heavy atom. The molecule has 98 valence electrons. The van der Waals surface area contributed by atoms with Gasteiger partial charge in [-0.2, -0.15) is 5.10 Å². The average molecular weight is 276 g/mol. The quantitative estimate of drug-likeness (QED) is 0.716. The van der Waals surface area contributed by atoms with Crippen LogP contribution in [0.1, 0.15) is 10.4 Å². The summed E-state index contributed by atoms with van der Waals surface area (Å²) < 4.78 is 5.34. The van der Waals surface area contributed by atoms with Gasteiger partial charge in [-0.25, -0.2) is 0 Å². The number of carbonyl (C=O) groups excluding carboxylic acids is 1. The molecule has 0 spiro atoms. The Labute approximate surface area is 115 Å². The summed E-state index contributed by atoms with van der Waals surface area (Å²) in [5.41, 5.74) is 6.42. The summed E-state index contributed by atoms with van der Waals surface area (Å²) in [6.45, 7) is 0.161. The van der Waals surface area contributed by atoms with Crippen molar-refractivity contribution in [2.45, 2.75) is 0 Å². The van der Waals surface area contributed by atoms with Crippen LogP contribution in [0, 0.1) is 0 Å². The highest BCUT2D eigenvalue weighted by atomic mass is 32.1. The van der Waals surface area contributed by atoms with Crippen molar-refractivity contribution in [2.24, 2.45) is 5.73 Å². The predicted molar refractivity (Wildman–Crippen MR) is 75.3 cm³/mol. The van der Waals surface area contributed by atoms with Gasteiger partial charge in [0.25, 0.3) is 5.91 Å². The number of ether oxygens (including phenoxy) is 1. The number of H-pyrrole nitrogens is 1. The highest BCUT2D eigenvalue weighted by molar-refractivity contribution is 7.80. The molecule has 1 heterocycles. The van der Waals surface area contributed by atoms with E-state index in [9.17, 15) is 4.79 Å². The summed E-state index contributed by atoms with van der Waals surface area (Å²) in [6, 6.07) is 6.97. The second-order valence-electron chi connectivity index (χ2n) is 3.72. The van der Waals surface area contributed by atoms with E-state index < -0.39 is 0 Å².